The number of anilines is 1. The standard InChI is InChI=1S/C25H24N4O3S/c1-2-29-24(19-8-12-21(30)13-9-19)27-28-25(29)33-17-23(31)26-20-10-14-22(15-11-20)32-16-18-6-4-3-5-7-18/h3-15,30H,2,16-17H2,1H3,(H,26,31). The van der Waals surface area contributed by atoms with E-state index in [2.05, 4.69) is 15.5 Å². The quantitative estimate of drug-likeness (QED) is 0.343. The Morgan fingerprint density at radius 2 is 1.73 bits per heavy atom. The predicted octanol–water partition coefficient (Wildman–Crippen LogP) is 4.98. The van der Waals surface area contributed by atoms with Crippen LogP contribution in [-0.2, 0) is 17.9 Å². The highest BCUT2D eigenvalue weighted by atomic mass is 32.2. The lowest BCUT2D eigenvalue weighted by molar-refractivity contribution is -0.113. The van der Waals surface area contributed by atoms with Crippen LogP contribution in [0.4, 0.5) is 5.69 Å². The van der Waals surface area contributed by atoms with Gasteiger partial charge in [0.15, 0.2) is 11.0 Å². The number of rotatable bonds is 9. The highest BCUT2D eigenvalue weighted by Gasteiger charge is 2.15. The fraction of sp³-hybridized carbons (Fsp3) is 0.160. The van der Waals surface area contributed by atoms with Crippen molar-refractivity contribution in [2.24, 2.45) is 0 Å². The predicted molar refractivity (Wildman–Crippen MR) is 129 cm³/mol. The molecule has 8 heteroatoms. The molecule has 1 aromatic heterocycles. The molecule has 4 rings (SSSR count). The Balaban J connectivity index is 1.31. The molecule has 1 amide bonds. The van der Waals surface area contributed by atoms with E-state index in [1.807, 2.05) is 66.1 Å². The number of nitrogens with zero attached hydrogens (tertiary/aromatic N) is 3. The monoisotopic (exact) mass is 460 g/mol. The van der Waals surface area contributed by atoms with Crippen LogP contribution in [0.3, 0.4) is 0 Å². The molecule has 4 aromatic rings. The summed E-state index contributed by atoms with van der Waals surface area (Å²) in [7, 11) is 0. The van der Waals surface area contributed by atoms with Crippen LogP contribution < -0.4 is 10.1 Å². The van der Waals surface area contributed by atoms with Crippen LogP contribution >= 0.6 is 11.8 Å². The first kappa shape index (κ1) is 22.4. The number of carbonyl (C=O) groups is 1. The molecule has 0 aliphatic rings. The largest absolute Gasteiger partial charge is 0.508 e. The average molecular weight is 461 g/mol. The van der Waals surface area contributed by atoms with Gasteiger partial charge in [-0.2, -0.15) is 0 Å². The third-order valence-corrected chi connectivity index (χ3v) is 5.84. The topological polar surface area (TPSA) is 89.3 Å². The minimum Gasteiger partial charge on any atom is -0.508 e. The highest BCUT2D eigenvalue weighted by Crippen LogP contribution is 2.25. The molecule has 33 heavy (non-hydrogen) atoms. The second kappa shape index (κ2) is 10.7. The number of carbonyl (C=O) groups excluding carboxylic acids is 1. The maximum absolute atomic E-state index is 12.4. The molecule has 0 bridgehead atoms. The highest BCUT2D eigenvalue weighted by molar-refractivity contribution is 7.99. The van der Waals surface area contributed by atoms with Crippen molar-refractivity contribution in [3.05, 3.63) is 84.4 Å². The number of nitrogens with one attached hydrogen (secondary N) is 1. The minimum atomic E-state index is -0.130. The molecular formula is C25H24N4O3S. The molecule has 7 nitrogen and oxygen atoms in total. The molecule has 0 fully saturated rings. The summed E-state index contributed by atoms with van der Waals surface area (Å²) in [6.45, 7) is 3.16. The van der Waals surface area contributed by atoms with Crippen molar-refractivity contribution < 1.29 is 14.6 Å². The number of phenols is 1. The van der Waals surface area contributed by atoms with Crippen LogP contribution in [0.2, 0.25) is 0 Å². The van der Waals surface area contributed by atoms with E-state index >= 15 is 0 Å². The van der Waals surface area contributed by atoms with E-state index in [0.29, 0.717) is 29.8 Å². The molecule has 0 radical (unpaired) electrons. The molecule has 0 saturated heterocycles. The van der Waals surface area contributed by atoms with Gasteiger partial charge in [-0.1, -0.05) is 42.1 Å². The summed E-state index contributed by atoms with van der Waals surface area (Å²) in [5.74, 6) is 1.72. The lowest BCUT2D eigenvalue weighted by atomic mass is 10.2. The first-order chi connectivity index (χ1) is 16.1. The summed E-state index contributed by atoms with van der Waals surface area (Å²) in [4.78, 5) is 12.4. The molecule has 0 spiro atoms. The van der Waals surface area contributed by atoms with E-state index in [0.717, 1.165) is 16.9 Å². The average Bonchev–Trinajstić information content (AvgIpc) is 3.26. The van der Waals surface area contributed by atoms with Crippen molar-refractivity contribution >= 4 is 23.4 Å². The molecule has 3 aromatic carbocycles. The van der Waals surface area contributed by atoms with Crippen LogP contribution in [0, 0.1) is 0 Å². The van der Waals surface area contributed by atoms with Gasteiger partial charge < -0.3 is 19.7 Å². The summed E-state index contributed by atoms with van der Waals surface area (Å²) in [5, 5.41) is 21.6. The second-order valence-corrected chi connectivity index (χ2v) is 8.18. The third kappa shape index (κ3) is 5.93. The smallest absolute Gasteiger partial charge is 0.234 e. The number of amides is 1. The zero-order valence-corrected chi connectivity index (χ0v) is 19.0. The number of hydrogen-bond acceptors (Lipinski definition) is 6. The van der Waals surface area contributed by atoms with Gasteiger partial charge in [-0.05, 0) is 61.0 Å². The van der Waals surface area contributed by atoms with Crippen molar-refractivity contribution in [1.29, 1.82) is 0 Å². The van der Waals surface area contributed by atoms with Crippen LogP contribution in [0.5, 0.6) is 11.5 Å². The Kier molecular flexibility index (Phi) is 7.26. The van der Waals surface area contributed by atoms with Crippen molar-refractivity contribution in [3.63, 3.8) is 0 Å². The summed E-state index contributed by atoms with van der Waals surface area (Å²) >= 11 is 1.33. The van der Waals surface area contributed by atoms with Crippen LogP contribution in [0.25, 0.3) is 11.4 Å². The number of ether oxygens (including phenoxy) is 1. The van der Waals surface area contributed by atoms with E-state index in [1.165, 1.54) is 11.8 Å². The molecule has 2 N–H and O–H groups in total. The molecule has 0 aliphatic heterocycles. The van der Waals surface area contributed by atoms with E-state index in [9.17, 15) is 9.90 Å². The Bertz CT molecular complexity index is 1190. The number of hydrogen-bond donors (Lipinski definition) is 2. The SMILES string of the molecule is CCn1c(SCC(=O)Nc2ccc(OCc3ccccc3)cc2)nnc1-c1ccc(O)cc1. The van der Waals surface area contributed by atoms with Gasteiger partial charge in [-0.25, -0.2) is 0 Å². The van der Waals surface area contributed by atoms with Crippen molar-refractivity contribution in [3.8, 4) is 22.9 Å². The number of benzene rings is 3. The minimum absolute atomic E-state index is 0.130. The molecule has 0 unspecified atom stereocenters. The van der Waals surface area contributed by atoms with Crippen LogP contribution in [-0.4, -0.2) is 31.5 Å². The van der Waals surface area contributed by atoms with E-state index in [1.54, 1.807) is 24.3 Å². The van der Waals surface area contributed by atoms with Gasteiger partial charge in [0.2, 0.25) is 5.91 Å². The summed E-state index contributed by atoms with van der Waals surface area (Å²) < 4.78 is 7.73. The van der Waals surface area contributed by atoms with Gasteiger partial charge in [0, 0.05) is 17.8 Å². The third-order valence-electron chi connectivity index (χ3n) is 4.88. The fourth-order valence-corrected chi connectivity index (χ4v) is 4.01. The number of aromatic hydroxyl groups is 1. The summed E-state index contributed by atoms with van der Waals surface area (Å²) in [6.07, 6.45) is 0. The molecule has 1 heterocycles. The van der Waals surface area contributed by atoms with Gasteiger partial charge in [0.05, 0.1) is 5.75 Å². The number of phenolic OH excluding ortho intramolecular Hbond substituents is 1. The van der Waals surface area contributed by atoms with Gasteiger partial charge in [0.1, 0.15) is 18.1 Å². The number of thioether (sulfide) groups is 1. The van der Waals surface area contributed by atoms with Gasteiger partial charge in [-0.3, -0.25) is 4.79 Å². The first-order valence-electron chi connectivity index (χ1n) is 10.5. The molecule has 0 atom stereocenters. The van der Waals surface area contributed by atoms with Crippen molar-refractivity contribution in [2.75, 3.05) is 11.1 Å². The van der Waals surface area contributed by atoms with Crippen molar-refractivity contribution in [1.82, 2.24) is 14.8 Å². The van der Waals surface area contributed by atoms with E-state index in [4.69, 9.17) is 4.74 Å². The van der Waals surface area contributed by atoms with Crippen LogP contribution in [0.15, 0.2) is 84.0 Å². The Morgan fingerprint density at radius 1 is 1.00 bits per heavy atom. The van der Waals surface area contributed by atoms with Gasteiger partial charge in [-0.15, -0.1) is 10.2 Å². The molecule has 168 valence electrons. The maximum atomic E-state index is 12.4. The number of aromatic nitrogens is 3. The lowest BCUT2D eigenvalue weighted by Gasteiger charge is -2.09. The molecular weight excluding hydrogens is 436 g/mol. The molecule has 0 saturated carbocycles. The van der Waals surface area contributed by atoms with Crippen molar-refractivity contribution in [2.45, 2.75) is 25.2 Å². The Morgan fingerprint density at radius 3 is 2.42 bits per heavy atom. The van der Waals surface area contributed by atoms with Gasteiger partial charge >= 0.3 is 0 Å². The Hall–Kier alpha value is -3.78. The first-order valence-corrected chi connectivity index (χ1v) is 11.5. The second-order valence-electron chi connectivity index (χ2n) is 7.23. The summed E-state index contributed by atoms with van der Waals surface area (Å²) in [5.41, 5.74) is 2.66. The van der Waals surface area contributed by atoms with E-state index in [-0.39, 0.29) is 17.4 Å². The fourth-order valence-electron chi connectivity index (χ4n) is 3.21. The zero-order chi connectivity index (χ0) is 23.0. The normalized spacial score (nSPS) is 10.7. The van der Waals surface area contributed by atoms with Gasteiger partial charge in [0.25, 0.3) is 0 Å². The Labute approximate surface area is 196 Å². The summed E-state index contributed by atoms with van der Waals surface area (Å²) in [6, 6.07) is 24.1. The zero-order valence-electron chi connectivity index (χ0n) is 18.1. The maximum Gasteiger partial charge on any atom is 0.234 e. The van der Waals surface area contributed by atoms with Crippen LogP contribution in [0.1, 0.15) is 12.5 Å². The molecule has 0 aliphatic carbocycles. The lowest BCUT2D eigenvalue weighted by Crippen LogP contribution is -2.14. The van der Waals surface area contributed by atoms with E-state index < -0.39 is 0 Å².